The number of carbonyl (C=O) groups is 1. The van der Waals surface area contributed by atoms with E-state index in [1.807, 2.05) is 20.8 Å². The van der Waals surface area contributed by atoms with Crippen LogP contribution in [0.5, 0.6) is 0 Å². The summed E-state index contributed by atoms with van der Waals surface area (Å²) in [7, 11) is 0. The lowest BCUT2D eigenvalue weighted by Crippen LogP contribution is -2.67. The molecule has 3 heterocycles. The van der Waals surface area contributed by atoms with Crippen LogP contribution in [0.2, 0.25) is 0 Å². The number of aliphatic carboxylic acids is 1. The maximum absolute atomic E-state index is 13.9. The van der Waals surface area contributed by atoms with Crippen molar-refractivity contribution in [2.24, 2.45) is 50.2 Å². The van der Waals surface area contributed by atoms with Crippen LogP contribution in [0.4, 0.5) is 0 Å². The quantitative estimate of drug-likeness (QED) is 0.0951. The van der Waals surface area contributed by atoms with Crippen molar-refractivity contribution in [3.63, 3.8) is 0 Å². The van der Waals surface area contributed by atoms with Crippen LogP contribution in [0.15, 0.2) is 11.6 Å². The number of carboxylic acid groups (broad SMARTS) is 1. The zero-order chi connectivity index (χ0) is 48.3. The molecule has 378 valence electrons. The zero-order valence-electron chi connectivity index (χ0n) is 39.0. The Morgan fingerprint density at radius 3 is 1.92 bits per heavy atom. The first kappa shape index (κ1) is 50.9. The molecule has 5 aliphatic carbocycles. The molecule has 8 rings (SSSR count). The zero-order valence-corrected chi connectivity index (χ0v) is 39.0. The Morgan fingerprint density at radius 2 is 1.29 bits per heavy atom. The Morgan fingerprint density at radius 1 is 0.667 bits per heavy atom. The Balaban J connectivity index is 1.05. The van der Waals surface area contributed by atoms with E-state index in [1.54, 1.807) is 0 Å². The average Bonchev–Trinajstić information content (AvgIpc) is 3.27. The Bertz CT molecular complexity index is 1800. The molecule has 12 N–H and O–H groups in total. The molecule has 0 amide bonds. The number of aliphatic hydroxyl groups is 11. The van der Waals surface area contributed by atoms with Crippen molar-refractivity contribution in [1.29, 1.82) is 0 Å². The molecule has 0 bridgehead atoms. The van der Waals surface area contributed by atoms with Crippen LogP contribution in [-0.4, -0.2) is 192 Å². The number of fused-ring (bicyclic) bond motifs is 7. The minimum Gasteiger partial charge on any atom is -0.481 e. The van der Waals surface area contributed by atoms with Crippen molar-refractivity contribution in [2.75, 3.05) is 26.4 Å². The van der Waals surface area contributed by atoms with Gasteiger partial charge in [0.1, 0.15) is 67.1 Å². The van der Waals surface area contributed by atoms with Crippen molar-refractivity contribution < 1.29 is 94.5 Å². The number of hydrogen-bond donors (Lipinski definition) is 12. The van der Waals surface area contributed by atoms with Gasteiger partial charge < -0.3 is 89.7 Å². The maximum Gasteiger partial charge on any atom is 0.310 e. The second-order valence-electron chi connectivity index (χ2n) is 22.9. The topological polar surface area (TPSA) is 315 Å². The van der Waals surface area contributed by atoms with Gasteiger partial charge >= 0.3 is 5.97 Å². The third-order valence-electron chi connectivity index (χ3n) is 19.3. The number of aliphatic hydroxyl groups excluding tert-OH is 11. The van der Waals surface area contributed by atoms with Crippen LogP contribution < -0.4 is 0 Å². The van der Waals surface area contributed by atoms with Gasteiger partial charge in [-0.2, -0.15) is 0 Å². The monoisotopic (exact) mass is 944 g/mol. The molecular formula is C47H76O19. The molecule has 3 aliphatic heterocycles. The van der Waals surface area contributed by atoms with Crippen LogP contribution in [0, 0.1) is 50.2 Å². The minimum atomic E-state index is -1.85. The Hall–Kier alpha value is -1.47. The summed E-state index contributed by atoms with van der Waals surface area (Å²) >= 11 is 0. The van der Waals surface area contributed by atoms with Gasteiger partial charge in [0.2, 0.25) is 0 Å². The molecule has 19 nitrogen and oxygen atoms in total. The summed E-state index contributed by atoms with van der Waals surface area (Å²) in [6.45, 7) is 11.2. The predicted octanol–water partition coefficient (Wildman–Crippen LogP) is -0.711. The van der Waals surface area contributed by atoms with E-state index in [9.17, 15) is 66.1 Å². The summed E-state index contributed by atoms with van der Waals surface area (Å²) in [4.78, 5) is 13.9. The number of ether oxygens (including phenoxy) is 6. The largest absolute Gasteiger partial charge is 0.481 e. The lowest BCUT2D eigenvalue weighted by Gasteiger charge is -2.71. The smallest absolute Gasteiger partial charge is 0.310 e. The third-order valence-corrected chi connectivity index (χ3v) is 19.3. The van der Waals surface area contributed by atoms with Gasteiger partial charge in [-0.25, -0.2) is 0 Å². The van der Waals surface area contributed by atoms with Crippen molar-refractivity contribution >= 4 is 5.97 Å². The molecule has 1 unspecified atom stereocenters. The van der Waals surface area contributed by atoms with E-state index >= 15 is 0 Å². The summed E-state index contributed by atoms with van der Waals surface area (Å²) in [5.41, 5.74) is -2.47. The lowest BCUT2D eigenvalue weighted by molar-refractivity contribution is -0.377. The molecule has 8 aliphatic rings. The Kier molecular flexibility index (Phi) is 13.9. The average molecular weight is 945 g/mol. The van der Waals surface area contributed by atoms with Crippen LogP contribution in [0.25, 0.3) is 0 Å². The van der Waals surface area contributed by atoms with E-state index in [-0.39, 0.29) is 53.6 Å². The molecule has 0 aromatic rings. The first-order valence-corrected chi connectivity index (χ1v) is 24.0. The third kappa shape index (κ3) is 7.68. The molecule has 4 saturated carbocycles. The van der Waals surface area contributed by atoms with Crippen LogP contribution in [0.1, 0.15) is 99.3 Å². The first-order chi connectivity index (χ1) is 30.9. The standard InChI is InChI=1S/C47H76O19/c1-42(2)15-22-21-7-8-27-43(3)11-10-28(64-38-35(57)30(52)23(51)19-61-38)44(4,20-50)26(43)9-12-46(27,6)45(21,5)13-14-47(22,41(59)60)16-29(42)65-40-37(34(56)32(54)25(18-49)63-40)66-39-36(58)33(55)31(53)24(17-48)62-39/h7,22-40,48-58H,8-20H2,1-6H3,(H,59,60)/t22-,23-,24-,25-,26?,27-,28+,29+,30+,31-,32-,33+,34+,35-,36-,37-,38+,39+,40+,43+,44+,45-,46-,47-/m1/s1. The second-order valence-corrected chi connectivity index (χ2v) is 22.9. The summed E-state index contributed by atoms with van der Waals surface area (Å²) in [6, 6.07) is 0. The normalized spacial score (nSPS) is 54.8. The summed E-state index contributed by atoms with van der Waals surface area (Å²) < 4.78 is 36.3. The van der Waals surface area contributed by atoms with Gasteiger partial charge in [0, 0.05) is 5.41 Å². The van der Waals surface area contributed by atoms with Crippen molar-refractivity contribution in [3.05, 3.63) is 11.6 Å². The van der Waals surface area contributed by atoms with Gasteiger partial charge in [-0.3, -0.25) is 4.79 Å². The van der Waals surface area contributed by atoms with Crippen LogP contribution >= 0.6 is 0 Å². The Labute approximate surface area is 385 Å². The lowest BCUT2D eigenvalue weighted by atomic mass is 9.33. The van der Waals surface area contributed by atoms with Crippen molar-refractivity contribution in [3.8, 4) is 0 Å². The van der Waals surface area contributed by atoms with Crippen LogP contribution in [-0.2, 0) is 33.2 Å². The number of allylic oxidation sites excluding steroid dienone is 2. The number of carboxylic acids is 1. The summed E-state index contributed by atoms with van der Waals surface area (Å²) in [5, 5.41) is 128. The maximum atomic E-state index is 13.9. The highest BCUT2D eigenvalue weighted by molar-refractivity contribution is 5.77. The molecule has 7 fully saturated rings. The SMILES string of the molecule is CC1(C)C[C@@H]2C3=CC[C@@H]4[C@@]5(C)CC[C@H](O[C@@H]6OC[C@@H](O)[C@H](O)[C@H]6O)[C@@](C)(CO)C5CC[C@@]4(C)[C@]3(C)CC[C@@]2(C(=O)O)C[C@@H]1O[C@@H]1O[C@H](CO)[C@@H](O)[C@H](O)[C@H]1O[C@@H]1O[C@H](CO)[C@@H](O)[C@H](O)[C@H]1O. The van der Waals surface area contributed by atoms with E-state index < -0.39 is 134 Å². The predicted molar refractivity (Wildman–Crippen MR) is 227 cm³/mol. The van der Waals surface area contributed by atoms with Gasteiger partial charge in [0.15, 0.2) is 18.9 Å². The molecule has 24 atom stereocenters. The van der Waals surface area contributed by atoms with Gasteiger partial charge in [0.25, 0.3) is 0 Å². The molecular weight excluding hydrogens is 868 g/mol. The summed E-state index contributed by atoms with van der Waals surface area (Å²) in [5.74, 6) is -1.14. The fraction of sp³-hybridized carbons (Fsp3) is 0.936. The molecule has 66 heavy (non-hydrogen) atoms. The number of rotatable bonds is 10. The molecule has 0 aromatic heterocycles. The highest BCUT2D eigenvalue weighted by Gasteiger charge is 2.71. The van der Waals surface area contributed by atoms with Gasteiger partial charge in [-0.1, -0.05) is 53.2 Å². The molecule has 0 radical (unpaired) electrons. The van der Waals surface area contributed by atoms with Gasteiger partial charge in [-0.05, 0) is 97.2 Å². The fourth-order valence-electron chi connectivity index (χ4n) is 14.9. The first-order valence-electron chi connectivity index (χ1n) is 24.0. The van der Waals surface area contributed by atoms with E-state index in [0.29, 0.717) is 32.1 Å². The van der Waals surface area contributed by atoms with E-state index in [1.165, 1.54) is 0 Å². The molecule has 19 heteroatoms. The van der Waals surface area contributed by atoms with E-state index in [2.05, 4.69) is 26.8 Å². The van der Waals surface area contributed by atoms with E-state index in [0.717, 1.165) is 24.8 Å². The fourth-order valence-corrected chi connectivity index (χ4v) is 14.9. The second kappa shape index (κ2) is 18.0. The molecule has 3 saturated heterocycles. The molecule has 0 spiro atoms. The van der Waals surface area contributed by atoms with Crippen molar-refractivity contribution in [1.82, 2.24) is 0 Å². The molecule has 0 aromatic carbocycles. The van der Waals surface area contributed by atoms with Crippen molar-refractivity contribution in [2.45, 2.75) is 198 Å². The van der Waals surface area contributed by atoms with E-state index in [4.69, 9.17) is 28.4 Å². The highest BCUT2D eigenvalue weighted by atomic mass is 16.8. The summed E-state index contributed by atoms with van der Waals surface area (Å²) in [6.07, 6.45) is -15.6. The van der Waals surface area contributed by atoms with Crippen LogP contribution in [0.3, 0.4) is 0 Å². The van der Waals surface area contributed by atoms with Gasteiger partial charge in [0.05, 0.1) is 44.1 Å². The van der Waals surface area contributed by atoms with Gasteiger partial charge in [-0.15, -0.1) is 0 Å². The minimum absolute atomic E-state index is 0.0235. The highest BCUT2D eigenvalue weighted by Crippen LogP contribution is 2.76. The number of hydrogen-bond acceptors (Lipinski definition) is 18.